The molecule has 1 heterocycles. The second kappa shape index (κ2) is 8.52. The summed E-state index contributed by atoms with van der Waals surface area (Å²) < 4.78 is 2.13. The Morgan fingerprint density at radius 1 is 1.23 bits per heavy atom. The number of Topliss-reactive ketones (excluding diaryl/α,β-unsaturated/α-hetero) is 1. The molecule has 2 rings (SSSR count). The first-order chi connectivity index (χ1) is 12.2. The predicted molar refractivity (Wildman–Crippen MR) is 103 cm³/mol. The Bertz CT molecular complexity index is 796. The molecule has 0 aliphatic carbocycles. The molecular weight excluding hydrogens is 352 g/mol. The lowest BCUT2D eigenvalue weighted by molar-refractivity contribution is -0.141. The van der Waals surface area contributed by atoms with Crippen LogP contribution in [0, 0.1) is 13.8 Å². The van der Waals surface area contributed by atoms with E-state index in [1.165, 1.54) is 5.56 Å². The summed E-state index contributed by atoms with van der Waals surface area (Å²) in [6.45, 7) is 6.34. The van der Waals surface area contributed by atoms with Crippen molar-refractivity contribution in [1.82, 2.24) is 9.47 Å². The molecule has 26 heavy (non-hydrogen) atoms. The molecule has 0 spiro atoms. The van der Waals surface area contributed by atoms with Crippen molar-refractivity contribution in [3.8, 4) is 0 Å². The quantitative estimate of drug-likeness (QED) is 0.715. The summed E-state index contributed by atoms with van der Waals surface area (Å²) >= 11 is 5.92. The topological polar surface area (TPSA) is 62.5 Å². The number of nitrogens with zero attached hydrogens (tertiary/aromatic N) is 2. The number of aromatic nitrogens is 1. The Balaban J connectivity index is 2.09. The van der Waals surface area contributed by atoms with Crippen LogP contribution in [-0.4, -0.2) is 46.0 Å². The van der Waals surface area contributed by atoms with Crippen molar-refractivity contribution in [3.63, 3.8) is 0 Å². The fourth-order valence-corrected chi connectivity index (χ4v) is 3.08. The molecule has 5 nitrogen and oxygen atoms in total. The number of rotatable bonds is 8. The summed E-state index contributed by atoms with van der Waals surface area (Å²) in [6, 6.07) is 8.95. The number of likely N-dealkylation sites (N-methyl/N-ethyl adjacent to an activating group) is 1. The third-order valence-corrected chi connectivity index (χ3v) is 5.07. The van der Waals surface area contributed by atoms with E-state index in [1.54, 1.807) is 18.9 Å². The fourth-order valence-electron chi connectivity index (χ4n) is 2.96. The van der Waals surface area contributed by atoms with E-state index in [9.17, 15) is 9.59 Å². The number of carbonyl (C=O) groups is 2. The zero-order valence-corrected chi connectivity index (χ0v) is 16.4. The minimum Gasteiger partial charge on any atom is -0.480 e. The summed E-state index contributed by atoms with van der Waals surface area (Å²) in [5, 5.41) is 9.79. The average Bonchev–Trinajstić information content (AvgIpc) is 2.88. The average molecular weight is 377 g/mol. The molecule has 0 saturated carbocycles. The Hall–Kier alpha value is -2.11. The molecule has 1 unspecified atom stereocenters. The number of carboxylic acid groups (broad SMARTS) is 1. The molecule has 1 atom stereocenters. The van der Waals surface area contributed by atoms with E-state index in [2.05, 4.69) is 4.57 Å². The van der Waals surface area contributed by atoms with Gasteiger partial charge in [-0.2, -0.15) is 0 Å². The van der Waals surface area contributed by atoms with Gasteiger partial charge in [-0.05, 0) is 58.0 Å². The number of aryl methyl sites for hydroxylation is 2. The van der Waals surface area contributed by atoms with Crippen molar-refractivity contribution in [1.29, 1.82) is 0 Å². The van der Waals surface area contributed by atoms with Crippen LogP contribution in [0.2, 0.25) is 5.02 Å². The molecule has 2 aromatic rings. The number of aliphatic carboxylic acids is 1. The smallest absolute Gasteiger partial charge is 0.320 e. The number of ketones is 1. The van der Waals surface area contributed by atoms with Gasteiger partial charge in [-0.1, -0.05) is 23.7 Å². The number of carbonyl (C=O) groups excluding carboxylic acids is 1. The van der Waals surface area contributed by atoms with Crippen molar-refractivity contribution in [2.75, 3.05) is 13.6 Å². The van der Waals surface area contributed by atoms with Gasteiger partial charge in [0.15, 0.2) is 5.78 Å². The molecule has 0 radical (unpaired) electrons. The summed E-state index contributed by atoms with van der Waals surface area (Å²) in [5.74, 6) is -1.000. The maximum absolute atomic E-state index is 12.6. The molecule has 140 valence electrons. The van der Waals surface area contributed by atoms with Crippen LogP contribution in [0.25, 0.3) is 0 Å². The van der Waals surface area contributed by atoms with Crippen LogP contribution < -0.4 is 0 Å². The summed E-state index contributed by atoms with van der Waals surface area (Å²) in [6.07, 6.45) is 0.844. The monoisotopic (exact) mass is 376 g/mol. The zero-order valence-electron chi connectivity index (χ0n) is 15.6. The van der Waals surface area contributed by atoms with Gasteiger partial charge in [-0.3, -0.25) is 14.5 Å². The number of benzene rings is 1. The Kier molecular flexibility index (Phi) is 6.62. The van der Waals surface area contributed by atoms with Crippen molar-refractivity contribution >= 4 is 23.4 Å². The molecule has 0 aliphatic rings. The van der Waals surface area contributed by atoms with Crippen LogP contribution in [0.1, 0.15) is 34.2 Å². The second-order valence-electron chi connectivity index (χ2n) is 6.67. The van der Waals surface area contributed by atoms with Gasteiger partial charge in [0.2, 0.25) is 0 Å². The fraction of sp³-hybridized carbons (Fsp3) is 0.400. The molecular formula is C20H25ClN2O3. The van der Waals surface area contributed by atoms with Crippen LogP contribution in [-0.2, 0) is 17.8 Å². The van der Waals surface area contributed by atoms with Crippen molar-refractivity contribution < 1.29 is 14.7 Å². The van der Waals surface area contributed by atoms with Gasteiger partial charge in [-0.25, -0.2) is 0 Å². The van der Waals surface area contributed by atoms with Crippen LogP contribution in [0.5, 0.6) is 0 Å². The lowest BCUT2D eigenvalue weighted by Crippen LogP contribution is -2.39. The first-order valence-corrected chi connectivity index (χ1v) is 8.96. The lowest BCUT2D eigenvalue weighted by atomic mass is 10.1. The molecule has 0 aliphatic heterocycles. The van der Waals surface area contributed by atoms with Crippen molar-refractivity contribution in [2.24, 2.45) is 0 Å². The highest BCUT2D eigenvalue weighted by Gasteiger charge is 2.22. The third-order valence-electron chi connectivity index (χ3n) is 4.82. The highest BCUT2D eigenvalue weighted by Crippen LogP contribution is 2.18. The highest BCUT2D eigenvalue weighted by molar-refractivity contribution is 6.30. The lowest BCUT2D eigenvalue weighted by Gasteiger charge is -2.20. The standard InChI is InChI=1S/C20H25ClN2O3/c1-13-11-18(19(24)12-22(4)15(3)20(25)26)14(2)23(13)10-9-16-5-7-17(21)8-6-16/h5-8,11,15H,9-10,12H2,1-4H3,(H,25,26). The second-order valence-corrected chi connectivity index (χ2v) is 7.10. The molecule has 1 aromatic heterocycles. The van der Waals surface area contributed by atoms with Crippen molar-refractivity contribution in [3.05, 3.63) is 57.9 Å². The van der Waals surface area contributed by atoms with Gasteiger partial charge in [0, 0.05) is 28.5 Å². The molecule has 0 amide bonds. The van der Waals surface area contributed by atoms with Gasteiger partial charge in [0.1, 0.15) is 6.04 Å². The maximum atomic E-state index is 12.6. The summed E-state index contributed by atoms with van der Waals surface area (Å²) in [5.41, 5.74) is 3.78. The normalized spacial score (nSPS) is 12.4. The first-order valence-electron chi connectivity index (χ1n) is 8.58. The van der Waals surface area contributed by atoms with Gasteiger partial charge in [0.05, 0.1) is 6.54 Å². The number of halogens is 1. The minimum atomic E-state index is -0.936. The highest BCUT2D eigenvalue weighted by atomic mass is 35.5. The Morgan fingerprint density at radius 2 is 1.85 bits per heavy atom. The van der Waals surface area contributed by atoms with Gasteiger partial charge < -0.3 is 9.67 Å². The van der Waals surface area contributed by atoms with Crippen LogP contribution in [0.3, 0.4) is 0 Å². The predicted octanol–water partition coefficient (Wildman–Crippen LogP) is 3.59. The molecule has 6 heteroatoms. The molecule has 0 saturated heterocycles. The molecule has 0 bridgehead atoms. The number of hydrogen-bond acceptors (Lipinski definition) is 3. The van der Waals surface area contributed by atoms with E-state index in [0.717, 1.165) is 29.4 Å². The van der Waals surface area contributed by atoms with E-state index in [-0.39, 0.29) is 12.3 Å². The van der Waals surface area contributed by atoms with Crippen LogP contribution in [0.15, 0.2) is 30.3 Å². The van der Waals surface area contributed by atoms with E-state index in [0.29, 0.717) is 5.56 Å². The zero-order chi connectivity index (χ0) is 19.4. The number of hydrogen-bond donors (Lipinski definition) is 1. The van der Waals surface area contributed by atoms with E-state index < -0.39 is 12.0 Å². The molecule has 1 aromatic carbocycles. The maximum Gasteiger partial charge on any atom is 0.320 e. The Labute approximate surface area is 159 Å². The SMILES string of the molecule is Cc1cc(C(=O)CN(C)C(C)C(=O)O)c(C)n1CCc1ccc(Cl)cc1. The largest absolute Gasteiger partial charge is 0.480 e. The Morgan fingerprint density at radius 3 is 2.42 bits per heavy atom. The van der Waals surface area contributed by atoms with Gasteiger partial charge in [-0.15, -0.1) is 0 Å². The minimum absolute atomic E-state index is 0.0635. The van der Waals surface area contributed by atoms with E-state index >= 15 is 0 Å². The van der Waals surface area contributed by atoms with Crippen LogP contribution in [0.4, 0.5) is 0 Å². The first kappa shape index (κ1) is 20.2. The molecule has 0 fully saturated rings. The summed E-state index contributed by atoms with van der Waals surface area (Å²) in [7, 11) is 1.65. The van der Waals surface area contributed by atoms with Crippen molar-refractivity contribution in [2.45, 2.75) is 39.8 Å². The summed E-state index contributed by atoms with van der Waals surface area (Å²) in [4.78, 5) is 25.2. The number of carboxylic acids is 1. The third kappa shape index (κ3) is 4.74. The van der Waals surface area contributed by atoms with E-state index in [4.69, 9.17) is 16.7 Å². The molecule has 1 N–H and O–H groups in total. The van der Waals surface area contributed by atoms with Gasteiger partial charge >= 0.3 is 5.97 Å². The van der Waals surface area contributed by atoms with Crippen LogP contribution >= 0.6 is 11.6 Å². The van der Waals surface area contributed by atoms with E-state index in [1.807, 2.05) is 44.2 Å². The van der Waals surface area contributed by atoms with Gasteiger partial charge in [0.25, 0.3) is 0 Å².